The lowest BCUT2D eigenvalue weighted by Crippen LogP contribution is -2.18. The molecular formula is C22H46O2. The van der Waals surface area contributed by atoms with Crippen molar-refractivity contribution >= 4 is 0 Å². The van der Waals surface area contributed by atoms with E-state index in [4.69, 9.17) is 9.47 Å². The Bertz CT molecular complexity index is 220. The zero-order chi connectivity index (χ0) is 17.9. The minimum absolute atomic E-state index is 0.0390. The zero-order valence-electron chi connectivity index (χ0n) is 17.3. The molecule has 0 bridgehead atoms. The summed E-state index contributed by atoms with van der Waals surface area (Å²) in [5.74, 6) is 0.924. The summed E-state index contributed by atoms with van der Waals surface area (Å²) in [6, 6.07) is 0. The first kappa shape index (κ1) is 23.9. The Hall–Kier alpha value is -0.0800. The Kier molecular flexibility index (Phi) is 19.2. The van der Waals surface area contributed by atoms with Gasteiger partial charge in [0.15, 0.2) is 6.29 Å². The summed E-state index contributed by atoms with van der Waals surface area (Å²) in [5.41, 5.74) is 0. The number of rotatable bonds is 19. The first-order valence-corrected chi connectivity index (χ1v) is 11.0. The molecule has 0 fully saturated rings. The van der Waals surface area contributed by atoms with Gasteiger partial charge in [0, 0.05) is 13.2 Å². The smallest absolute Gasteiger partial charge is 0.157 e. The molecule has 0 amide bonds. The van der Waals surface area contributed by atoms with Crippen molar-refractivity contribution in [1.29, 1.82) is 0 Å². The predicted molar refractivity (Wildman–Crippen MR) is 107 cm³/mol. The molecule has 0 aliphatic carbocycles. The average Bonchev–Trinajstić information content (AvgIpc) is 2.58. The number of ether oxygens (including phenoxy) is 2. The van der Waals surface area contributed by atoms with E-state index in [-0.39, 0.29) is 6.29 Å². The second-order valence-corrected chi connectivity index (χ2v) is 7.47. The van der Waals surface area contributed by atoms with Gasteiger partial charge >= 0.3 is 0 Å². The van der Waals surface area contributed by atoms with E-state index in [1.807, 2.05) is 0 Å². The molecule has 0 saturated carbocycles. The Morgan fingerprint density at radius 2 is 1.00 bits per heavy atom. The molecule has 2 heteroatoms. The highest BCUT2D eigenvalue weighted by molar-refractivity contribution is 4.55. The van der Waals surface area contributed by atoms with E-state index in [2.05, 4.69) is 27.7 Å². The molecule has 0 aromatic heterocycles. The van der Waals surface area contributed by atoms with Crippen LogP contribution < -0.4 is 0 Å². The van der Waals surface area contributed by atoms with Gasteiger partial charge in [0.25, 0.3) is 0 Å². The molecule has 0 aliphatic rings. The predicted octanol–water partition coefficient (Wildman–Crippen LogP) is 7.50. The molecule has 1 atom stereocenters. The summed E-state index contributed by atoms with van der Waals surface area (Å²) in [7, 11) is 0. The fraction of sp³-hybridized carbons (Fsp3) is 1.00. The Balaban J connectivity index is 3.59. The van der Waals surface area contributed by atoms with Crippen molar-refractivity contribution in [3.05, 3.63) is 0 Å². The van der Waals surface area contributed by atoms with E-state index in [1.165, 1.54) is 70.6 Å². The summed E-state index contributed by atoms with van der Waals surface area (Å²) >= 11 is 0. The third-order valence-corrected chi connectivity index (χ3v) is 4.79. The average molecular weight is 343 g/mol. The van der Waals surface area contributed by atoms with Gasteiger partial charge in [-0.15, -0.1) is 0 Å². The van der Waals surface area contributed by atoms with Crippen molar-refractivity contribution in [3.8, 4) is 0 Å². The molecule has 0 heterocycles. The van der Waals surface area contributed by atoms with Crippen LogP contribution in [-0.4, -0.2) is 19.5 Å². The van der Waals surface area contributed by atoms with Crippen LogP contribution in [0.15, 0.2) is 0 Å². The molecule has 146 valence electrons. The van der Waals surface area contributed by atoms with Crippen molar-refractivity contribution in [2.24, 2.45) is 5.92 Å². The van der Waals surface area contributed by atoms with Crippen LogP contribution in [0.2, 0.25) is 0 Å². The normalized spacial score (nSPS) is 12.9. The van der Waals surface area contributed by atoms with Crippen LogP contribution in [0, 0.1) is 5.92 Å². The summed E-state index contributed by atoms with van der Waals surface area (Å²) < 4.78 is 11.8. The van der Waals surface area contributed by atoms with Crippen molar-refractivity contribution in [1.82, 2.24) is 0 Å². The maximum absolute atomic E-state index is 5.90. The zero-order valence-corrected chi connectivity index (χ0v) is 17.3. The number of hydrogen-bond donors (Lipinski definition) is 0. The Morgan fingerprint density at radius 1 is 0.542 bits per heavy atom. The van der Waals surface area contributed by atoms with E-state index >= 15 is 0 Å². The second kappa shape index (κ2) is 19.2. The maximum atomic E-state index is 5.90. The largest absolute Gasteiger partial charge is 0.353 e. The van der Waals surface area contributed by atoms with Gasteiger partial charge < -0.3 is 9.47 Å². The molecule has 0 aromatic rings. The van der Waals surface area contributed by atoms with Crippen LogP contribution in [0.3, 0.4) is 0 Å². The minimum atomic E-state index is 0.0390. The topological polar surface area (TPSA) is 18.5 Å². The van der Waals surface area contributed by atoms with Crippen molar-refractivity contribution in [2.45, 2.75) is 124 Å². The molecule has 0 spiro atoms. The monoisotopic (exact) mass is 342 g/mol. The van der Waals surface area contributed by atoms with Crippen LogP contribution >= 0.6 is 0 Å². The summed E-state index contributed by atoms with van der Waals surface area (Å²) in [6.45, 7) is 10.8. The summed E-state index contributed by atoms with van der Waals surface area (Å²) in [6.07, 6.45) is 18.1. The minimum Gasteiger partial charge on any atom is -0.353 e. The Labute approximate surface area is 153 Å². The molecule has 1 unspecified atom stereocenters. The van der Waals surface area contributed by atoms with Crippen LogP contribution in [0.1, 0.15) is 118 Å². The molecule has 24 heavy (non-hydrogen) atoms. The van der Waals surface area contributed by atoms with Gasteiger partial charge in [-0.05, 0) is 31.6 Å². The van der Waals surface area contributed by atoms with Crippen LogP contribution in [0.25, 0.3) is 0 Å². The molecular weight excluding hydrogens is 296 g/mol. The highest BCUT2D eigenvalue weighted by atomic mass is 16.7. The van der Waals surface area contributed by atoms with E-state index in [0.717, 1.165) is 38.4 Å². The first-order chi connectivity index (χ1) is 11.7. The molecule has 0 N–H and O–H groups in total. The fourth-order valence-corrected chi connectivity index (χ4v) is 2.96. The molecule has 0 aromatic carbocycles. The maximum Gasteiger partial charge on any atom is 0.157 e. The van der Waals surface area contributed by atoms with Crippen LogP contribution in [-0.2, 0) is 9.47 Å². The van der Waals surface area contributed by atoms with E-state index in [9.17, 15) is 0 Å². The van der Waals surface area contributed by atoms with Gasteiger partial charge in [-0.25, -0.2) is 0 Å². The lowest BCUT2D eigenvalue weighted by atomic mass is 9.97. The molecule has 0 radical (unpaired) electrons. The van der Waals surface area contributed by atoms with Crippen molar-refractivity contribution < 1.29 is 9.47 Å². The summed E-state index contributed by atoms with van der Waals surface area (Å²) in [4.78, 5) is 0. The lowest BCUT2D eigenvalue weighted by Gasteiger charge is -2.18. The Morgan fingerprint density at radius 3 is 1.54 bits per heavy atom. The second-order valence-electron chi connectivity index (χ2n) is 7.47. The van der Waals surface area contributed by atoms with Gasteiger partial charge in [0.05, 0.1) is 0 Å². The van der Waals surface area contributed by atoms with Gasteiger partial charge in [0.2, 0.25) is 0 Å². The van der Waals surface area contributed by atoms with Crippen LogP contribution in [0.5, 0.6) is 0 Å². The highest BCUT2D eigenvalue weighted by Gasteiger charge is 2.09. The summed E-state index contributed by atoms with van der Waals surface area (Å²) in [5, 5.41) is 0. The third-order valence-electron chi connectivity index (χ3n) is 4.79. The van der Waals surface area contributed by atoms with E-state index in [0.29, 0.717) is 0 Å². The first-order valence-electron chi connectivity index (χ1n) is 11.0. The van der Waals surface area contributed by atoms with Gasteiger partial charge in [-0.3, -0.25) is 0 Å². The number of unbranched alkanes of at least 4 members (excludes halogenated alkanes) is 7. The molecule has 2 nitrogen and oxygen atoms in total. The number of hydrogen-bond acceptors (Lipinski definition) is 2. The quantitative estimate of drug-likeness (QED) is 0.179. The van der Waals surface area contributed by atoms with Crippen molar-refractivity contribution in [2.75, 3.05) is 13.2 Å². The van der Waals surface area contributed by atoms with Crippen LogP contribution in [0.4, 0.5) is 0 Å². The standard InChI is InChI=1S/C22H46O2/c1-5-8-16-21(4)17-14-12-11-13-15-18-22(23-19-9-6-2)24-20-10-7-3/h21-22H,5-20H2,1-4H3. The van der Waals surface area contributed by atoms with E-state index < -0.39 is 0 Å². The van der Waals surface area contributed by atoms with E-state index in [1.54, 1.807) is 0 Å². The molecule has 0 aliphatic heterocycles. The molecule has 0 saturated heterocycles. The highest BCUT2D eigenvalue weighted by Crippen LogP contribution is 2.17. The van der Waals surface area contributed by atoms with Gasteiger partial charge in [-0.2, -0.15) is 0 Å². The van der Waals surface area contributed by atoms with Gasteiger partial charge in [-0.1, -0.05) is 91.9 Å². The van der Waals surface area contributed by atoms with Crippen molar-refractivity contribution in [3.63, 3.8) is 0 Å². The molecule has 0 rings (SSSR count). The third kappa shape index (κ3) is 16.8. The van der Waals surface area contributed by atoms with Gasteiger partial charge in [0.1, 0.15) is 0 Å². The SMILES string of the molecule is CCCCOC(CCCCCCCC(C)CCCC)OCCCC. The fourth-order valence-electron chi connectivity index (χ4n) is 2.96. The lowest BCUT2D eigenvalue weighted by molar-refractivity contribution is -0.147.